The van der Waals surface area contributed by atoms with Gasteiger partial charge in [0.1, 0.15) is 5.82 Å². The molecule has 0 aliphatic heterocycles. The van der Waals surface area contributed by atoms with Gasteiger partial charge >= 0.3 is 0 Å². The van der Waals surface area contributed by atoms with Crippen LogP contribution in [-0.2, 0) is 0 Å². The second-order valence-corrected chi connectivity index (χ2v) is 13.1. The number of hydrogen-bond donors (Lipinski definition) is 0. The fourth-order valence-electron chi connectivity index (χ4n) is 7.71. The first kappa shape index (κ1) is 29.7. The van der Waals surface area contributed by atoms with Crippen LogP contribution in [0.25, 0.3) is 55.6 Å². The number of fused-ring (bicyclic) bond motifs is 4. The average molecular weight is 645 g/mol. The molecule has 7 aromatic carbocycles. The number of rotatable bonds is 6. The van der Waals surface area contributed by atoms with Crippen LogP contribution in [0.1, 0.15) is 16.7 Å². The van der Waals surface area contributed by atoms with E-state index >= 15 is 0 Å². The summed E-state index contributed by atoms with van der Waals surface area (Å²) in [6.45, 7) is 6.55. The molecule has 2 heterocycles. The lowest BCUT2D eigenvalue weighted by molar-refractivity contribution is 1.06. The van der Waals surface area contributed by atoms with Crippen molar-refractivity contribution in [3.05, 3.63) is 180 Å². The first-order valence-electron chi connectivity index (χ1n) is 17.1. The lowest BCUT2D eigenvalue weighted by atomic mass is 10.0. The second kappa shape index (κ2) is 11.9. The third-order valence-electron chi connectivity index (χ3n) is 9.76. The van der Waals surface area contributed by atoms with Crippen LogP contribution in [0.2, 0.25) is 0 Å². The highest BCUT2D eigenvalue weighted by Gasteiger charge is 2.19. The van der Waals surface area contributed by atoms with Gasteiger partial charge in [-0.2, -0.15) is 0 Å². The fourth-order valence-corrected chi connectivity index (χ4v) is 7.71. The molecule has 0 aliphatic carbocycles. The number of hydrogen-bond acceptors (Lipinski definition) is 2. The molecule has 0 amide bonds. The lowest BCUT2D eigenvalue weighted by Gasteiger charge is -2.26. The Bertz CT molecular complexity index is 2590. The molecule has 0 aliphatic rings. The van der Waals surface area contributed by atoms with E-state index in [-0.39, 0.29) is 0 Å². The molecule has 0 saturated heterocycles. The number of nitrogens with zero attached hydrogens (tertiary/aromatic N) is 4. The van der Waals surface area contributed by atoms with Gasteiger partial charge in [-0.3, -0.25) is 4.57 Å². The molecule has 0 N–H and O–H groups in total. The van der Waals surface area contributed by atoms with E-state index in [1.165, 1.54) is 44.2 Å². The molecular formula is C46H36N4. The van der Waals surface area contributed by atoms with Crippen LogP contribution in [0.5, 0.6) is 0 Å². The summed E-state index contributed by atoms with van der Waals surface area (Å²) in [5.41, 5.74) is 14.9. The summed E-state index contributed by atoms with van der Waals surface area (Å²) in [5.74, 6) is 0.939. The first-order valence-corrected chi connectivity index (χ1v) is 17.1. The number of benzene rings is 7. The molecule has 0 saturated carbocycles. The van der Waals surface area contributed by atoms with Crippen molar-refractivity contribution in [2.75, 3.05) is 4.90 Å². The van der Waals surface area contributed by atoms with Crippen LogP contribution >= 0.6 is 0 Å². The van der Waals surface area contributed by atoms with E-state index in [0.29, 0.717) is 0 Å². The van der Waals surface area contributed by atoms with Crippen LogP contribution in [0.4, 0.5) is 17.1 Å². The second-order valence-electron chi connectivity index (χ2n) is 13.1. The molecule has 0 atom stereocenters. The van der Waals surface area contributed by atoms with Gasteiger partial charge in [0, 0.05) is 39.1 Å². The van der Waals surface area contributed by atoms with Gasteiger partial charge in [-0.25, -0.2) is 4.98 Å². The summed E-state index contributed by atoms with van der Waals surface area (Å²) in [5, 5.41) is 2.53. The predicted octanol–water partition coefficient (Wildman–Crippen LogP) is 12.2. The van der Waals surface area contributed by atoms with Crippen LogP contribution < -0.4 is 4.90 Å². The summed E-state index contributed by atoms with van der Waals surface area (Å²) in [6.07, 6.45) is 0. The van der Waals surface area contributed by atoms with Gasteiger partial charge in [0.2, 0.25) is 0 Å². The van der Waals surface area contributed by atoms with Crippen LogP contribution in [0.3, 0.4) is 0 Å². The molecule has 240 valence electrons. The van der Waals surface area contributed by atoms with Gasteiger partial charge < -0.3 is 9.47 Å². The Morgan fingerprint density at radius 2 is 0.960 bits per heavy atom. The maximum Gasteiger partial charge on any atom is 0.145 e. The fraction of sp³-hybridized carbons (Fsp3) is 0.0652. The summed E-state index contributed by atoms with van der Waals surface area (Å²) >= 11 is 0. The minimum atomic E-state index is 0.939. The Hall–Kier alpha value is -6.39. The molecular weight excluding hydrogens is 609 g/mol. The van der Waals surface area contributed by atoms with Crippen molar-refractivity contribution in [1.29, 1.82) is 0 Å². The maximum absolute atomic E-state index is 5.18. The molecule has 0 unspecified atom stereocenters. The topological polar surface area (TPSA) is 26.0 Å². The zero-order valence-corrected chi connectivity index (χ0v) is 28.4. The first-order chi connectivity index (χ1) is 24.5. The smallest absolute Gasteiger partial charge is 0.145 e. The van der Waals surface area contributed by atoms with Crippen molar-refractivity contribution >= 4 is 49.9 Å². The molecule has 0 fully saturated rings. The van der Waals surface area contributed by atoms with Crippen LogP contribution in [-0.4, -0.2) is 14.1 Å². The van der Waals surface area contributed by atoms with Gasteiger partial charge in [0.15, 0.2) is 0 Å². The number of aromatic nitrogens is 3. The molecule has 9 aromatic rings. The van der Waals surface area contributed by atoms with Crippen LogP contribution in [0.15, 0.2) is 164 Å². The lowest BCUT2D eigenvalue weighted by Crippen LogP contribution is -2.10. The van der Waals surface area contributed by atoms with Gasteiger partial charge in [0.05, 0.1) is 27.8 Å². The molecule has 2 aromatic heterocycles. The predicted molar refractivity (Wildman–Crippen MR) is 210 cm³/mol. The number of imidazole rings is 1. The number of para-hydroxylation sites is 5. The van der Waals surface area contributed by atoms with Crippen molar-refractivity contribution < 1.29 is 0 Å². The summed E-state index contributed by atoms with van der Waals surface area (Å²) < 4.78 is 4.69. The van der Waals surface area contributed by atoms with Crippen molar-refractivity contribution in [3.8, 4) is 22.8 Å². The van der Waals surface area contributed by atoms with Crippen molar-refractivity contribution in [1.82, 2.24) is 14.1 Å². The Morgan fingerprint density at radius 3 is 1.58 bits per heavy atom. The van der Waals surface area contributed by atoms with Crippen molar-refractivity contribution in [3.63, 3.8) is 0 Å². The third kappa shape index (κ3) is 4.88. The minimum Gasteiger partial charge on any atom is -0.311 e. The standard InChI is InChI=1S/C46H36N4/c1-31-29-32(2)45(33(3)30-31)50-44-20-12-9-17-41(44)47-46(50)34-21-23-36(24-22-34)48(35-13-5-4-6-14-35)37-25-27-38(28-26-37)49-42-18-10-7-15-39(42)40-16-8-11-19-43(40)49/h4-30H,1-3H3. The average Bonchev–Trinajstić information content (AvgIpc) is 3.69. The maximum atomic E-state index is 5.18. The number of anilines is 3. The number of aryl methyl sites for hydroxylation is 3. The molecule has 9 rings (SSSR count). The van der Waals surface area contributed by atoms with Gasteiger partial charge in [-0.05, 0) is 117 Å². The van der Waals surface area contributed by atoms with Gasteiger partial charge in [-0.15, -0.1) is 0 Å². The Kier molecular flexibility index (Phi) is 7.10. The Morgan fingerprint density at radius 1 is 0.460 bits per heavy atom. The van der Waals surface area contributed by atoms with E-state index < -0.39 is 0 Å². The van der Waals surface area contributed by atoms with Crippen molar-refractivity contribution in [2.45, 2.75) is 20.8 Å². The molecule has 4 heteroatoms. The van der Waals surface area contributed by atoms with E-state index in [9.17, 15) is 0 Å². The highest BCUT2D eigenvalue weighted by molar-refractivity contribution is 6.09. The molecule has 0 bridgehead atoms. The minimum absolute atomic E-state index is 0.939. The van der Waals surface area contributed by atoms with Crippen LogP contribution in [0, 0.1) is 20.8 Å². The quantitative estimate of drug-likeness (QED) is 0.180. The molecule has 50 heavy (non-hydrogen) atoms. The summed E-state index contributed by atoms with van der Waals surface area (Å²) in [4.78, 5) is 7.50. The Labute approximate surface area is 292 Å². The molecule has 4 nitrogen and oxygen atoms in total. The van der Waals surface area contributed by atoms with E-state index in [0.717, 1.165) is 45.2 Å². The molecule has 0 radical (unpaired) electrons. The third-order valence-corrected chi connectivity index (χ3v) is 9.76. The largest absolute Gasteiger partial charge is 0.311 e. The van der Waals surface area contributed by atoms with E-state index in [1.807, 2.05) is 0 Å². The highest BCUT2D eigenvalue weighted by Crippen LogP contribution is 2.39. The highest BCUT2D eigenvalue weighted by atomic mass is 15.1. The van der Waals surface area contributed by atoms with Gasteiger partial charge in [0.25, 0.3) is 0 Å². The molecule has 0 spiro atoms. The Balaban J connectivity index is 1.14. The SMILES string of the molecule is Cc1cc(C)c(-n2c(-c3ccc(N(c4ccccc4)c4ccc(-n5c6ccccc6c6ccccc65)cc4)cc3)nc3ccccc32)c(C)c1. The van der Waals surface area contributed by atoms with E-state index in [2.05, 4.69) is 199 Å². The summed E-state index contributed by atoms with van der Waals surface area (Å²) in [7, 11) is 0. The monoisotopic (exact) mass is 644 g/mol. The normalized spacial score (nSPS) is 11.5. The van der Waals surface area contributed by atoms with Gasteiger partial charge in [-0.1, -0.05) is 84.4 Å². The summed E-state index contributed by atoms with van der Waals surface area (Å²) in [6, 6.07) is 58.5. The zero-order valence-electron chi connectivity index (χ0n) is 28.4. The van der Waals surface area contributed by atoms with Crippen molar-refractivity contribution in [2.24, 2.45) is 0 Å². The zero-order chi connectivity index (χ0) is 33.8. The van der Waals surface area contributed by atoms with E-state index in [4.69, 9.17) is 4.98 Å². The van der Waals surface area contributed by atoms with E-state index in [1.54, 1.807) is 0 Å².